The van der Waals surface area contributed by atoms with E-state index in [9.17, 15) is 4.79 Å². The molecule has 0 saturated heterocycles. The van der Waals surface area contributed by atoms with Crippen LogP contribution in [0.25, 0.3) is 0 Å². The molecule has 2 aromatic rings. The van der Waals surface area contributed by atoms with Gasteiger partial charge < -0.3 is 0 Å². The molecule has 20 heavy (non-hydrogen) atoms. The SMILES string of the molecule is C/C(=N/Nc1cn[nH]c(=O)c1Cl)c1ccc(C)cc1C. The number of nitrogens with zero attached hydrogens (tertiary/aromatic N) is 2. The van der Waals surface area contributed by atoms with Crippen LogP contribution in [-0.4, -0.2) is 15.9 Å². The summed E-state index contributed by atoms with van der Waals surface area (Å²) in [6, 6.07) is 6.14. The van der Waals surface area contributed by atoms with Crippen LogP contribution < -0.4 is 11.0 Å². The van der Waals surface area contributed by atoms with Crippen LogP contribution in [0.4, 0.5) is 5.69 Å². The first-order valence-corrected chi connectivity index (χ1v) is 6.48. The first-order valence-electron chi connectivity index (χ1n) is 6.10. The minimum Gasteiger partial charge on any atom is -0.275 e. The quantitative estimate of drug-likeness (QED) is 0.674. The van der Waals surface area contributed by atoms with E-state index in [1.54, 1.807) is 0 Å². The summed E-state index contributed by atoms with van der Waals surface area (Å²) in [6.45, 7) is 5.96. The fraction of sp³-hybridized carbons (Fsp3) is 0.214. The molecule has 2 N–H and O–H groups in total. The third-order valence-electron chi connectivity index (χ3n) is 2.91. The van der Waals surface area contributed by atoms with Crippen molar-refractivity contribution in [2.75, 3.05) is 5.43 Å². The number of nitrogens with one attached hydrogen (secondary N) is 2. The molecule has 6 heteroatoms. The molecule has 0 bridgehead atoms. The second-order valence-corrected chi connectivity index (χ2v) is 4.93. The second kappa shape index (κ2) is 5.88. The van der Waals surface area contributed by atoms with E-state index in [1.165, 1.54) is 11.8 Å². The van der Waals surface area contributed by atoms with E-state index in [1.807, 2.05) is 32.9 Å². The van der Waals surface area contributed by atoms with Gasteiger partial charge in [-0.15, -0.1) is 0 Å². The summed E-state index contributed by atoms with van der Waals surface area (Å²) in [4.78, 5) is 11.3. The fourth-order valence-electron chi connectivity index (χ4n) is 1.89. The van der Waals surface area contributed by atoms with Crippen molar-refractivity contribution in [2.45, 2.75) is 20.8 Å². The van der Waals surface area contributed by atoms with E-state index < -0.39 is 5.56 Å². The molecule has 0 spiro atoms. The van der Waals surface area contributed by atoms with Crippen LogP contribution >= 0.6 is 11.6 Å². The Morgan fingerprint density at radius 2 is 2.15 bits per heavy atom. The highest BCUT2D eigenvalue weighted by atomic mass is 35.5. The molecule has 0 saturated carbocycles. The third-order valence-corrected chi connectivity index (χ3v) is 3.29. The van der Waals surface area contributed by atoms with E-state index in [0.717, 1.165) is 16.8 Å². The number of rotatable bonds is 3. The van der Waals surface area contributed by atoms with E-state index in [4.69, 9.17) is 11.6 Å². The molecule has 1 aromatic heterocycles. The number of hydrazone groups is 1. The van der Waals surface area contributed by atoms with Gasteiger partial charge in [-0.2, -0.15) is 10.2 Å². The summed E-state index contributed by atoms with van der Waals surface area (Å²) in [5, 5.41) is 10.2. The molecule has 0 aliphatic rings. The van der Waals surface area contributed by atoms with Crippen molar-refractivity contribution in [1.82, 2.24) is 10.2 Å². The summed E-state index contributed by atoms with van der Waals surface area (Å²) in [5.74, 6) is 0. The molecular formula is C14H15ClN4O. The van der Waals surface area contributed by atoms with Crippen LogP contribution in [0.1, 0.15) is 23.6 Å². The lowest BCUT2D eigenvalue weighted by Crippen LogP contribution is -2.11. The molecule has 0 fully saturated rings. The zero-order chi connectivity index (χ0) is 14.7. The Labute approximate surface area is 121 Å². The summed E-state index contributed by atoms with van der Waals surface area (Å²) < 4.78 is 0. The van der Waals surface area contributed by atoms with Gasteiger partial charge in [0.1, 0.15) is 10.7 Å². The number of benzene rings is 1. The molecule has 1 heterocycles. The van der Waals surface area contributed by atoms with E-state index in [0.29, 0.717) is 5.69 Å². The van der Waals surface area contributed by atoms with E-state index in [-0.39, 0.29) is 5.02 Å². The number of anilines is 1. The maximum Gasteiger partial charge on any atom is 0.285 e. The molecule has 0 aliphatic carbocycles. The molecule has 0 aliphatic heterocycles. The lowest BCUT2D eigenvalue weighted by atomic mass is 10.0. The maximum absolute atomic E-state index is 11.3. The monoisotopic (exact) mass is 290 g/mol. The van der Waals surface area contributed by atoms with Crippen LogP contribution in [0.2, 0.25) is 5.02 Å². The highest BCUT2D eigenvalue weighted by molar-refractivity contribution is 6.32. The molecule has 0 radical (unpaired) electrons. The normalized spacial score (nSPS) is 11.5. The Morgan fingerprint density at radius 3 is 2.85 bits per heavy atom. The van der Waals surface area contributed by atoms with Crippen molar-refractivity contribution in [3.8, 4) is 0 Å². The fourth-order valence-corrected chi connectivity index (χ4v) is 2.02. The second-order valence-electron chi connectivity index (χ2n) is 4.55. The number of hydrogen-bond donors (Lipinski definition) is 2. The van der Waals surface area contributed by atoms with Crippen molar-refractivity contribution in [3.05, 3.63) is 56.5 Å². The number of aromatic nitrogens is 2. The zero-order valence-electron chi connectivity index (χ0n) is 11.5. The molecule has 0 amide bonds. The molecule has 1 aromatic carbocycles. The maximum atomic E-state index is 11.3. The van der Waals surface area contributed by atoms with Crippen molar-refractivity contribution in [3.63, 3.8) is 0 Å². The van der Waals surface area contributed by atoms with Gasteiger partial charge in [0.05, 0.1) is 11.9 Å². The van der Waals surface area contributed by atoms with Gasteiger partial charge >= 0.3 is 0 Å². The van der Waals surface area contributed by atoms with Gasteiger partial charge in [0, 0.05) is 5.56 Å². The summed E-state index contributed by atoms with van der Waals surface area (Å²) >= 11 is 5.86. The molecule has 2 rings (SSSR count). The number of aryl methyl sites for hydroxylation is 2. The number of halogens is 1. The third kappa shape index (κ3) is 3.05. The van der Waals surface area contributed by atoms with Gasteiger partial charge in [-0.25, -0.2) is 5.10 Å². The van der Waals surface area contributed by atoms with Gasteiger partial charge in [0.25, 0.3) is 5.56 Å². The van der Waals surface area contributed by atoms with Crippen molar-refractivity contribution in [2.24, 2.45) is 5.10 Å². The van der Waals surface area contributed by atoms with Crippen molar-refractivity contribution in [1.29, 1.82) is 0 Å². The Kier molecular flexibility index (Phi) is 4.20. The first-order chi connectivity index (χ1) is 9.49. The van der Waals surface area contributed by atoms with Crippen LogP contribution in [0.3, 0.4) is 0 Å². The topological polar surface area (TPSA) is 70.1 Å². The van der Waals surface area contributed by atoms with E-state index in [2.05, 4.69) is 26.8 Å². The van der Waals surface area contributed by atoms with Gasteiger partial charge in [-0.05, 0) is 26.3 Å². The molecule has 0 unspecified atom stereocenters. The van der Waals surface area contributed by atoms with Gasteiger partial charge in [-0.1, -0.05) is 35.4 Å². The number of hydrogen-bond acceptors (Lipinski definition) is 4. The van der Waals surface area contributed by atoms with Gasteiger partial charge in [-0.3, -0.25) is 10.2 Å². The summed E-state index contributed by atoms with van der Waals surface area (Å²) in [5.41, 5.74) is 6.88. The predicted octanol–water partition coefficient (Wildman–Crippen LogP) is 2.88. The van der Waals surface area contributed by atoms with Crippen LogP contribution in [0, 0.1) is 13.8 Å². The molecule has 104 valence electrons. The van der Waals surface area contributed by atoms with Crippen LogP contribution in [0.5, 0.6) is 0 Å². The highest BCUT2D eigenvalue weighted by Crippen LogP contribution is 2.16. The largest absolute Gasteiger partial charge is 0.285 e. The number of aromatic amines is 1. The van der Waals surface area contributed by atoms with Crippen LogP contribution in [0.15, 0.2) is 34.3 Å². The first kappa shape index (κ1) is 14.3. The van der Waals surface area contributed by atoms with Crippen molar-refractivity contribution >= 4 is 23.0 Å². The van der Waals surface area contributed by atoms with Gasteiger partial charge in [0.15, 0.2) is 0 Å². The summed E-state index contributed by atoms with van der Waals surface area (Å²) in [7, 11) is 0. The molecule has 5 nitrogen and oxygen atoms in total. The Balaban J connectivity index is 2.27. The van der Waals surface area contributed by atoms with Crippen molar-refractivity contribution < 1.29 is 0 Å². The molecular weight excluding hydrogens is 276 g/mol. The Bertz CT molecular complexity index is 721. The minimum atomic E-state index is -0.448. The predicted molar refractivity (Wildman–Crippen MR) is 81.6 cm³/mol. The average molecular weight is 291 g/mol. The standard InChI is InChI=1S/C14H15ClN4O/c1-8-4-5-11(9(2)6-8)10(3)17-18-12-7-16-19-14(20)13(12)15/h4-7H,1-3H3,(H2,18,19,20)/b17-10-. The van der Waals surface area contributed by atoms with Gasteiger partial charge in [0.2, 0.25) is 0 Å². The minimum absolute atomic E-state index is 0.0391. The lowest BCUT2D eigenvalue weighted by molar-refractivity contribution is 0.986. The lowest BCUT2D eigenvalue weighted by Gasteiger charge is -2.07. The Morgan fingerprint density at radius 1 is 1.40 bits per heavy atom. The Hall–Kier alpha value is -2.14. The van der Waals surface area contributed by atoms with Crippen LogP contribution in [-0.2, 0) is 0 Å². The van der Waals surface area contributed by atoms with E-state index >= 15 is 0 Å². The zero-order valence-corrected chi connectivity index (χ0v) is 12.2. The summed E-state index contributed by atoms with van der Waals surface area (Å²) in [6.07, 6.45) is 1.42. The number of H-pyrrole nitrogens is 1. The smallest absolute Gasteiger partial charge is 0.275 e. The highest BCUT2D eigenvalue weighted by Gasteiger charge is 2.05. The average Bonchev–Trinajstić information content (AvgIpc) is 2.40. The molecule has 0 atom stereocenters.